The van der Waals surface area contributed by atoms with Gasteiger partial charge in [-0.2, -0.15) is 4.80 Å². The number of carbonyl (C=O) groups excluding carboxylic acids is 1. The fourth-order valence-electron chi connectivity index (χ4n) is 1.74. The van der Waals surface area contributed by atoms with E-state index in [0.717, 1.165) is 10.7 Å². The lowest BCUT2D eigenvalue weighted by molar-refractivity contribution is 0.0953. The van der Waals surface area contributed by atoms with Gasteiger partial charge < -0.3 is 5.32 Å². The van der Waals surface area contributed by atoms with Crippen LogP contribution >= 0.6 is 11.3 Å². The Morgan fingerprint density at radius 2 is 2.37 bits per heavy atom. The van der Waals surface area contributed by atoms with Gasteiger partial charge in [0.05, 0.1) is 13.6 Å². The second-order valence-electron chi connectivity index (χ2n) is 3.97. The first-order valence-electron chi connectivity index (χ1n) is 5.58. The van der Waals surface area contributed by atoms with E-state index in [2.05, 4.69) is 25.7 Å². The van der Waals surface area contributed by atoms with Gasteiger partial charge >= 0.3 is 0 Å². The number of hydrogen-bond donors (Lipinski definition) is 1. The van der Waals surface area contributed by atoms with Crippen molar-refractivity contribution >= 4 is 22.2 Å². The van der Waals surface area contributed by atoms with Crippen LogP contribution in [0, 0.1) is 6.92 Å². The number of thiazole rings is 1. The second kappa shape index (κ2) is 4.43. The Kier molecular flexibility index (Phi) is 2.75. The number of tetrazole rings is 1. The van der Waals surface area contributed by atoms with Gasteiger partial charge in [-0.15, -0.1) is 10.2 Å². The molecule has 8 nitrogen and oxygen atoms in total. The Labute approximate surface area is 112 Å². The Morgan fingerprint density at radius 3 is 3.05 bits per heavy atom. The Balaban J connectivity index is 1.76. The summed E-state index contributed by atoms with van der Waals surface area (Å²) in [6, 6.07) is 0. The smallest absolute Gasteiger partial charge is 0.263 e. The maximum absolute atomic E-state index is 12.1. The lowest BCUT2D eigenvalue weighted by Crippen LogP contribution is -2.23. The first kappa shape index (κ1) is 11.8. The molecule has 0 aliphatic carbocycles. The van der Waals surface area contributed by atoms with E-state index in [-0.39, 0.29) is 12.5 Å². The number of aromatic nitrogens is 6. The van der Waals surface area contributed by atoms with Crippen LogP contribution in [0.3, 0.4) is 0 Å². The van der Waals surface area contributed by atoms with E-state index in [4.69, 9.17) is 0 Å². The predicted molar refractivity (Wildman–Crippen MR) is 67.8 cm³/mol. The number of hydrogen-bond acceptors (Lipinski definition) is 6. The van der Waals surface area contributed by atoms with Gasteiger partial charge in [-0.05, 0) is 12.1 Å². The predicted octanol–water partition coefficient (Wildman–Crippen LogP) is 0.158. The Hall–Kier alpha value is -2.29. The molecule has 0 radical (unpaired) electrons. The van der Waals surface area contributed by atoms with Crippen LogP contribution in [0.5, 0.6) is 0 Å². The zero-order valence-electron chi connectivity index (χ0n) is 10.4. The molecule has 0 aromatic carbocycles. The van der Waals surface area contributed by atoms with Crippen molar-refractivity contribution in [2.45, 2.75) is 13.5 Å². The molecular formula is C10H11N7OS. The van der Waals surface area contributed by atoms with Crippen LogP contribution in [0.4, 0.5) is 0 Å². The average Bonchev–Trinajstić information content (AvgIpc) is 3.05. The summed E-state index contributed by atoms with van der Waals surface area (Å²) < 4.78 is 1.89. The van der Waals surface area contributed by atoms with Gasteiger partial charge in [0.1, 0.15) is 4.88 Å². The number of nitrogens with zero attached hydrogens (tertiary/aromatic N) is 6. The molecule has 3 rings (SSSR count). The molecule has 0 aliphatic rings. The zero-order chi connectivity index (χ0) is 13.4. The first-order chi connectivity index (χ1) is 9.15. The van der Waals surface area contributed by atoms with Crippen LogP contribution in [0.1, 0.15) is 21.2 Å². The molecule has 19 heavy (non-hydrogen) atoms. The van der Waals surface area contributed by atoms with Gasteiger partial charge in [0.2, 0.25) is 0 Å². The van der Waals surface area contributed by atoms with E-state index in [1.165, 1.54) is 16.1 Å². The molecule has 3 heterocycles. The van der Waals surface area contributed by atoms with Gasteiger partial charge in [0.15, 0.2) is 10.8 Å². The molecule has 3 aromatic heterocycles. The van der Waals surface area contributed by atoms with Crippen molar-refractivity contribution in [1.29, 1.82) is 0 Å². The topological polar surface area (TPSA) is 90.0 Å². The number of amides is 1. The molecule has 1 amide bonds. The largest absolute Gasteiger partial charge is 0.344 e. The van der Waals surface area contributed by atoms with Crippen LogP contribution in [0.15, 0.2) is 12.4 Å². The molecule has 0 atom stereocenters. The monoisotopic (exact) mass is 277 g/mol. The van der Waals surface area contributed by atoms with E-state index >= 15 is 0 Å². The molecule has 9 heteroatoms. The van der Waals surface area contributed by atoms with Crippen molar-refractivity contribution in [3.05, 3.63) is 28.8 Å². The van der Waals surface area contributed by atoms with Gasteiger partial charge in [0.25, 0.3) is 5.91 Å². The Bertz CT molecular complexity index is 740. The molecule has 0 aliphatic heterocycles. The second-order valence-corrected chi connectivity index (χ2v) is 4.95. The molecule has 0 fully saturated rings. The highest BCUT2D eigenvalue weighted by Gasteiger charge is 2.16. The summed E-state index contributed by atoms with van der Waals surface area (Å²) in [6.07, 6.45) is 3.55. The first-order valence-corrected chi connectivity index (χ1v) is 6.40. The number of fused-ring (bicyclic) bond motifs is 1. The normalized spacial score (nSPS) is 11.1. The van der Waals surface area contributed by atoms with E-state index in [1.807, 2.05) is 17.5 Å². The molecule has 0 unspecified atom stereocenters. The summed E-state index contributed by atoms with van der Waals surface area (Å²) in [5.74, 6) is 0.329. The highest BCUT2D eigenvalue weighted by molar-refractivity contribution is 7.19. The van der Waals surface area contributed by atoms with E-state index in [9.17, 15) is 4.79 Å². The molecular weight excluding hydrogens is 266 g/mol. The molecule has 98 valence electrons. The molecule has 0 saturated carbocycles. The van der Waals surface area contributed by atoms with Crippen molar-refractivity contribution in [3.8, 4) is 0 Å². The number of rotatable bonds is 3. The average molecular weight is 277 g/mol. The van der Waals surface area contributed by atoms with Crippen molar-refractivity contribution < 1.29 is 4.79 Å². The molecule has 3 aromatic rings. The van der Waals surface area contributed by atoms with Crippen LogP contribution in [0.25, 0.3) is 4.96 Å². The van der Waals surface area contributed by atoms with E-state index in [0.29, 0.717) is 10.7 Å². The fourth-order valence-corrected chi connectivity index (χ4v) is 2.74. The minimum atomic E-state index is -0.152. The summed E-state index contributed by atoms with van der Waals surface area (Å²) in [4.78, 5) is 19.1. The SMILES string of the molecule is Cc1c(C(=O)NCc2nnn(C)n2)sc2nccn12. The number of carbonyl (C=O) groups is 1. The lowest BCUT2D eigenvalue weighted by Gasteiger charge is -2.00. The number of nitrogens with one attached hydrogen (secondary N) is 1. The Morgan fingerprint density at radius 1 is 1.53 bits per heavy atom. The molecule has 1 N–H and O–H groups in total. The van der Waals surface area contributed by atoms with Gasteiger partial charge in [-0.1, -0.05) is 11.3 Å². The summed E-state index contributed by atoms with van der Waals surface area (Å²) >= 11 is 1.36. The van der Waals surface area contributed by atoms with Crippen LogP contribution < -0.4 is 5.32 Å². The van der Waals surface area contributed by atoms with Crippen molar-refractivity contribution in [3.63, 3.8) is 0 Å². The summed E-state index contributed by atoms with van der Waals surface area (Å²) in [7, 11) is 1.68. The zero-order valence-corrected chi connectivity index (χ0v) is 11.2. The highest BCUT2D eigenvalue weighted by Crippen LogP contribution is 2.21. The van der Waals surface area contributed by atoms with Crippen LogP contribution in [-0.2, 0) is 13.6 Å². The maximum Gasteiger partial charge on any atom is 0.263 e. The molecule has 0 bridgehead atoms. The van der Waals surface area contributed by atoms with Crippen LogP contribution in [0.2, 0.25) is 0 Å². The van der Waals surface area contributed by atoms with Crippen molar-refractivity contribution in [2.75, 3.05) is 0 Å². The van der Waals surface area contributed by atoms with Gasteiger partial charge in [-0.25, -0.2) is 4.98 Å². The fraction of sp³-hybridized carbons (Fsp3) is 0.300. The van der Waals surface area contributed by atoms with E-state index < -0.39 is 0 Å². The summed E-state index contributed by atoms with van der Waals surface area (Å²) in [5.41, 5.74) is 0.877. The maximum atomic E-state index is 12.1. The van der Waals surface area contributed by atoms with Crippen molar-refractivity contribution in [2.24, 2.45) is 7.05 Å². The number of imidazole rings is 1. The summed E-state index contributed by atoms with van der Waals surface area (Å²) in [5, 5.41) is 14.3. The van der Waals surface area contributed by atoms with Crippen LogP contribution in [-0.4, -0.2) is 35.5 Å². The third-order valence-corrected chi connectivity index (χ3v) is 3.82. The van der Waals surface area contributed by atoms with Crippen molar-refractivity contribution in [1.82, 2.24) is 34.9 Å². The lowest BCUT2D eigenvalue weighted by atomic mass is 10.3. The molecule has 0 spiro atoms. The minimum Gasteiger partial charge on any atom is -0.344 e. The highest BCUT2D eigenvalue weighted by atomic mass is 32.1. The standard InChI is InChI=1S/C10H11N7OS/c1-6-8(19-10-11-3-4-17(6)10)9(18)12-5-7-13-15-16(2)14-7/h3-4H,5H2,1-2H3,(H,12,18). The van der Waals surface area contributed by atoms with Gasteiger partial charge in [-0.3, -0.25) is 9.20 Å². The molecule has 0 saturated heterocycles. The third kappa shape index (κ3) is 2.08. The minimum absolute atomic E-state index is 0.152. The third-order valence-electron chi connectivity index (χ3n) is 2.65. The quantitative estimate of drug-likeness (QED) is 0.736. The number of aryl methyl sites for hydroxylation is 2. The summed E-state index contributed by atoms with van der Waals surface area (Å²) in [6.45, 7) is 2.15. The van der Waals surface area contributed by atoms with Gasteiger partial charge in [0, 0.05) is 18.1 Å². The van der Waals surface area contributed by atoms with E-state index in [1.54, 1.807) is 13.2 Å².